The molecule has 1 heterocycles. The van der Waals surface area contributed by atoms with Crippen LogP contribution in [0.15, 0.2) is 18.2 Å². The third kappa shape index (κ3) is 3.85. The van der Waals surface area contributed by atoms with E-state index in [0.717, 1.165) is 45.0 Å². The largest absolute Gasteiger partial charge is 0.398 e. The molecule has 1 aliphatic rings. The molecule has 0 aromatic heterocycles. The van der Waals surface area contributed by atoms with E-state index in [0.29, 0.717) is 11.3 Å². The number of rotatable bonds is 4. The summed E-state index contributed by atoms with van der Waals surface area (Å²) in [6, 6.07) is 7.60. The minimum absolute atomic E-state index is 0.532. The molecule has 1 aromatic carbocycles. The van der Waals surface area contributed by atoms with Crippen molar-refractivity contribution in [3.05, 3.63) is 23.8 Å². The summed E-state index contributed by atoms with van der Waals surface area (Å²) < 4.78 is 0. The Hall–Kier alpha value is -1.77. The summed E-state index contributed by atoms with van der Waals surface area (Å²) >= 11 is 0. The smallest absolute Gasteiger partial charge is 0.101 e. The molecule has 1 fully saturated rings. The van der Waals surface area contributed by atoms with Gasteiger partial charge in [-0.25, -0.2) is 0 Å². The van der Waals surface area contributed by atoms with Crippen LogP contribution in [0.25, 0.3) is 0 Å². The predicted octanol–water partition coefficient (Wildman–Crippen LogP) is 0.800. The van der Waals surface area contributed by atoms with Crippen LogP contribution in [0.3, 0.4) is 0 Å². The van der Waals surface area contributed by atoms with Gasteiger partial charge in [-0.15, -0.1) is 0 Å². The second-order valence-electron chi connectivity index (χ2n) is 4.99. The van der Waals surface area contributed by atoms with Crippen molar-refractivity contribution in [1.29, 1.82) is 5.26 Å². The molecule has 0 radical (unpaired) electrons. The monoisotopic (exact) mass is 259 g/mol. The highest BCUT2D eigenvalue weighted by Gasteiger charge is 2.12. The number of benzene rings is 1. The van der Waals surface area contributed by atoms with Gasteiger partial charge in [0.15, 0.2) is 0 Å². The first-order valence-corrected chi connectivity index (χ1v) is 6.63. The zero-order chi connectivity index (χ0) is 13.7. The number of nitrogens with two attached hydrogens (primary N) is 1. The van der Waals surface area contributed by atoms with E-state index in [1.54, 1.807) is 12.1 Å². The summed E-state index contributed by atoms with van der Waals surface area (Å²) in [5.41, 5.74) is 7.72. The Balaban J connectivity index is 1.78. The van der Waals surface area contributed by atoms with E-state index in [4.69, 9.17) is 11.0 Å². The first-order valence-electron chi connectivity index (χ1n) is 6.63. The molecule has 0 spiro atoms. The fourth-order valence-electron chi connectivity index (χ4n) is 2.19. The van der Waals surface area contributed by atoms with E-state index < -0.39 is 0 Å². The van der Waals surface area contributed by atoms with Gasteiger partial charge in [0.2, 0.25) is 0 Å². The standard InChI is InChI=1S/C14H21N5/c1-18-6-8-19(9-7-18)5-4-17-13-2-3-14(16)12(10-13)11-15/h2-3,10,17H,4-9,16H2,1H3. The number of nitriles is 1. The van der Waals surface area contributed by atoms with Crippen LogP contribution in [0, 0.1) is 11.3 Å². The number of anilines is 2. The van der Waals surface area contributed by atoms with Crippen LogP contribution >= 0.6 is 0 Å². The van der Waals surface area contributed by atoms with E-state index in [1.807, 2.05) is 6.07 Å². The average molecular weight is 259 g/mol. The van der Waals surface area contributed by atoms with Crippen molar-refractivity contribution in [2.24, 2.45) is 0 Å². The van der Waals surface area contributed by atoms with E-state index in [1.165, 1.54) is 0 Å². The highest BCUT2D eigenvalue weighted by molar-refractivity contribution is 5.61. The Morgan fingerprint density at radius 3 is 2.74 bits per heavy atom. The molecule has 5 nitrogen and oxygen atoms in total. The molecule has 1 saturated heterocycles. The lowest BCUT2D eigenvalue weighted by molar-refractivity contribution is 0.158. The summed E-state index contributed by atoms with van der Waals surface area (Å²) in [6.07, 6.45) is 0. The summed E-state index contributed by atoms with van der Waals surface area (Å²) in [7, 11) is 2.16. The van der Waals surface area contributed by atoms with Crippen LogP contribution in [-0.2, 0) is 0 Å². The van der Waals surface area contributed by atoms with Crippen molar-refractivity contribution in [2.45, 2.75) is 0 Å². The predicted molar refractivity (Wildman–Crippen MR) is 78.0 cm³/mol. The van der Waals surface area contributed by atoms with Gasteiger partial charge < -0.3 is 16.0 Å². The minimum atomic E-state index is 0.532. The molecule has 0 saturated carbocycles. The van der Waals surface area contributed by atoms with Gasteiger partial charge in [0.05, 0.1) is 5.56 Å². The molecule has 0 atom stereocenters. The van der Waals surface area contributed by atoms with Gasteiger partial charge in [-0.2, -0.15) is 5.26 Å². The molecule has 102 valence electrons. The lowest BCUT2D eigenvalue weighted by atomic mass is 10.2. The number of nitrogens with one attached hydrogen (secondary N) is 1. The second-order valence-corrected chi connectivity index (χ2v) is 4.99. The van der Waals surface area contributed by atoms with E-state index >= 15 is 0 Å². The van der Waals surface area contributed by atoms with Gasteiger partial charge in [0, 0.05) is 50.6 Å². The molecule has 3 N–H and O–H groups in total. The molecule has 2 rings (SSSR count). The molecule has 19 heavy (non-hydrogen) atoms. The molecule has 0 aliphatic carbocycles. The van der Waals surface area contributed by atoms with E-state index in [-0.39, 0.29) is 0 Å². The summed E-state index contributed by atoms with van der Waals surface area (Å²) in [6.45, 7) is 6.45. The molecular formula is C14H21N5. The minimum Gasteiger partial charge on any atom is -0.398 e. The maximum Gasteiger partial charge on any atom is 0.101 e. The van der Waals surface area contributed by atoms with Gasteiger partial charge in [-0.05, 0) is 25.2 Å². The first kappa shape index (κ1) is 13.7. The van der Waals surface area contributed by atoms with Crippen LogP contribution in [0.5, 0.6) is 0 Å². The number of nitrogen functional groups attached to an aromatic ring is 1. The molecule has 1 aromatic rings. The van der Waals surface area contributed by atoms with Crippen molar-refractivity contribution < 1.29 is 0 Å². The van der Waals surface area contributed by atoms with Gasteiger partial charge >= 0.3 is 0 Å². The van der Waals surface area contributed by atoms with Crippen LogP contribution in [0.2, 0.25) is 0 Å². The summed E-state index contributed by atoms with van der Waals surface area (Å²) in [5, 5.41) is 12.3. The number of nitrogens with zero attached hydrogens (tertiary/aromatic N) is 3. The topological polar surface area (TPSA) is 68.3 Å². The van der Waals surface area contributed by atoms with Crippen molar-refractivity contribution in [2.75, 3.05) is 57.4 Å². The van der Waals surface area contributed by atoms with Crippen molar-refractivity contribution in [3.8, 4) is 6.07 Å². The van der Waals surface area contributed by atoms with Gasteiger partial charge in [0.25, 0.3) is 0 Å². The zero-order valence-electron chi connectivity index (χ0n) is 11.4. The van der Waals surface area contributed by atoms with Crippen molar-refractivity contribution in [1.82, 2.24) is 9.80 Å². The number of piperazine rings is 1. The fourth-order valence-corrected chi connectivity index (χ4v) is 2.19. The van der Waals surface area contributed by atoms with E-state index in [9.17, 15) is 0 Å². The van der Waals surface area contributed by atoms with Crippen LogP contribution in [0.4, 0.5) is 11.4 Å². The van der Waals surface area contributed by atoms with Crippen molar-refractivity contribution in [3.63, 3.8) is 0 Å². The number of hydrogen-bond donors (Lipinski definition) is 2. The molecule has 0 amide bonds. The Kier molecular flexibility index (Phi) is 4.61. The SMILES string of the molecule is CN1CCN(CCNc2ccc(N)c(C#N)c2)CC1. The maximum absolute atomic E-state index is 8.93. The fraction of sp³-hybridized carbons (Fsp3) is 0.500. The summed E-state index contributed by atoms with van der Waals surface area (Å²) in [5.74, 6) is 0. The molecule has 1 aliphatic heterocycles. The quantitative estimate of drug-likeness (QED) is 0.783. The van der Waals surface area contributed by atoms with Gasteiger partial charge in [0.1, 0.15) is 6.07 Å². The normalized spacial score (nSPS) is 17.1. The molecule has 0 bridgehead atoms. The molecule has 0 unspecified atom stereocenters. The highest BCUT2D eigenvalue weighted by Crippen LogP contribution is 2.16. The lowest BCUT2D eigenvalue weighted by Gasteiger charge is -2.32. The third-order valence-electron chi connectivity index (χ3n) is 3.53. The molecule has 5 heteroatoms. The highest BCUT2D eigenvalue weighted by atomic mass is 15.2. The first-order chi connectivity index (χ1) is 9.19. The van der Waals surface area contributed by atoms with Crippen LogP contribution < -0.4 is 11.1 Å². The zero-order valence-corrected chi connectivity index (χ0v) is 11.4. The van der Waals surface area contributed by atoms with Crippen LogP contribution in [0.1, 0.15) is 5.56 Å². The second kappa shape index (κ2) is 6.41. The third-order valence-corrected chi connectivity index (χ3v) is 3.53. The van der Waals surface area contributed by atoms with Gasteiger partial charge in [-0.1, -0.05) is 0 Å². The lowest BCUT2D eigenvalue weighted by Crippen LogP contribution is -2.45. The summed E-state index contributed by atoms with van der Waals surface area (Å²) in [4.78, 5) is 4.80. The maximum atomic E-state index is 8.93. The van der Waals surface area contributed by atoms with Crippen molar-refractivity contribution >= 4 is 11.4 Å². The molecular weight excluding hydrogens is 238 g/mol. The Bertz CT molecular complexity index is 457. The van der Waals surface area contributed by atoms with Crippen LogP contribution in [-0.4, -0.2) is 56.1 Å². The Morgan fingerprint density at radius 2 is 2.05 bits per heavy atom. The number of likely N-dealkylation sites (N-methyl/N-ethyl adjacent to an activating group) is 1. The Labute approximate surface area is 114 Å². The Morgan fingerprint density at radius 1 is 1.32 bits per heavy atom. The number of hydrogen-bond acceptors (Lipinski definition) is 5. The van der Waals surface area contributed by atoms with Gasteiger partial charge in [-0.3, -0.25) is 4.90 Å². The average Bonchev–Trinajstić information content (AvgIpc) is 2.43. The van der Waals surface area contributed by atoms with E-state index in [2.05, 4.69) is 28.2 Å².